The third-order valence-corrected chi connectivity index (χ3v) is 2.99. The van der Waals surface area contributed by atoms with Crippen molar-refractivity contribution in [2.45, 2.75) is 0 Å². The van der Waals surface area contributed by atoms with Crippen LogP contribution < -0.4 is 10.5 Å². The van der Waals surface area contributed by atoms with Crippen LogP contribution in [0.2, 0.25) is 0 Å². The molecule has 0 heterocycles. The van der Waals surface area contributed by atoms with Gasteiger partial charge in [0.05, 0.1) is 15.7 Å². The van der Waals surface area contributed by atoms with E-state index in [2.05, 4.69) is 15.9 Å². The van der Waals surface area contributed by atoms with Crippen molar-refractivity contribution in [1.82, 2.24) is 0 Å². The lowest BCUT2D eigenvalue weighted by Crippen LogP contribution is -1.99. The van der Waals surface area contributed by atoms with Crippen molar-refractivity contribution < 1.29 is 19.0 Å². The molecule has 0 aliphatic heterocycles. The summed E-state index contributed by atoms with van der Waals surface area (Å²) in [5.41, 5.74) is 5.97. The molecule has 0 fully saturated rings. The Balaban J connectivity index is 2.31. The Labute approximate surface area is 116 Å². The minimum atomic E-state index is -1.07. The van der Waals surface area contributed by atoms with E-state index in [0.717, 1.165) is 0 Å². The maximum absolute atomic E-state index is 12.9. The number of carboxylic acid groups (broad SMARTS) is 1. The molecule has 6 heteroatoms. The predicted molar refractivity (Wildman–Crippen MR) is 72.0 cm³/mol. The van der Waals surface area contributed by atoms with Crippen LogP contribution >= 0.6 is 15.9 Å². The molecule has 98 valence electrons. The van der Waals surface area contributed by atoms with Crippen LogP contribution in [0, 0.1) is 5.82 Å². The highest BCUT2D eigenvalue weighted by molar-refractivity contribution is 9.10. The van der Waals surface area contributed by atoms with Crippen LogP contribution in [0.3, 0.4) is 0 Å². The van der Waals surface area contributed by atoms with Crippen molar-refractivity contribution in [3.63, 3.8) is 0 Å². The fourth-order valence-electron chi connectivity index (χ4n) is 1.45. The minimum absolute atomic E-state index is 0.0722. The molecule has 0 aliphatic rings. The molecule has 2 aromatic rings. The third-order valence-electron chi connectivity index (χ3n) is 2.37. The lowest BCUT2D eigenvalue weighted by atomic mass is 10.2. The van der Waals surface area contributed by atoms with Crippen molar-refractivity contribution in [2.75, 3.05) is 5.73 Å². The summed E-state index contributed by atoms with van der Waals surface area (Å²) in [5, 5.41) is 8.82. The summed E-state index contributed by atoms with van der Waals surface area (Å²) in [7, 11) is 0. The quantitative estimate of drug-likeness (QED) is 0.844. The molecule has 0 saturated carbocycles. The maximum Gasteiger partial charge on any atom is 0.335 e. The number of hydrogen-bond acceptors (Lipinski definition) is 3. The van der Waals surface area contributed by atoms with Gasteiger partial charge in [0.25, 0.3) is 0 Å². The van der Waals surface area contributed by atoms with E-state index in [-0.39, 0.29) is 11.3 Å². The van der Waals surface area contributed by atoms with Gasteiger partial charge in [-0.25, -0.2) is 9.18 Å². The highest BCUT2D eigenvalue weighted by Gasteiger charge is 2.10. The standard InChI is InChI=1S/C13H9BrFNO3/c14-9-6-8(15)2-4-11(9)19-12-3-1-7(13(17)18)5-10(12)16/h1-6H,16H2,(H,17,18). The summed E-state index contributed by atoms with van der Waals surface area (Å²) in [5.74, 6) is -0.775. The van der Waals surface area contributed by atoms with E-state index in [0.29, 0.717) is 16.0 Å². The van der Waals surface area contributed by atoms with Crippen molar-refractivity contribution in [3.8, 4) is 11.5 Å². The average molecular weight is 326 g/mol. The summed E-state index contributed by atoms with van der Waals surface area (Å²) in [6.45, 7) is 0. The smallest absolute Gasteiger partial charge is 0.335 e. The molecule has 0 radical (unpaired) electrons. The summed E-state index contributed by atoms with van der Waals surface area (Å²) in [4.78, 5) is 10.8. The summed E-state index contributed by atoms with van der Waals surface area (Å²) >= 11 is 3.17. The van der Waals surface area contributed by atoms with Gasteiger partial charge < -0.3 is 15.6 Å². The molecule has 3 N–H and O–H groups in total. The van der Waals surface area contributed by atoms with E-state index in [1.807, 2.05) is 0 Å². The molecule has 0 bridgehead atoms. The first-order valence-corrected chi connectivity index (χ1v) is 6.02. The van der Waals surface area contributed by atoms with Gasteiger partial charge in [-0.05, 0) is 52.3 Å². The number of aromatic carboxylic acids is 1. The molecule has 0 aliphatic carbocycles. The summed E-state index contributed by atoms with van der Waals surface area (Å²) < 4.78 is 18.9. The van der Waals surface area contributed by atoms with Crippen LogP contribution in [0.1, 0.15) is 10.4 Å². The van der Waals surface area contributed by atoms with Gasteiger partial charge in [-0.3, -0.25) is 0 Å². The zero-order chi connectivity index (χ0) is 14.0. The number of hydrogen-bond donors (Lipinski definition) is 2. The van der Waals surface area contributed by atoms with Crippen LogP contribution in [0.15, 0.2) is 40.9 Å². The van der Waals surface area contributed by atoms with Gasteiger partial charge in [0, 0.05) is 0 Å². The third kappa shape index (κ3) is 3.03. The second-order valence-electron chi connectivity index (χ2n) is 3.73. The van der Waals surface area contributed by atoms with Crippen molar-refractivity contribution >= 4 is 27.6 Å². The fraction of sp³-hybridized carbons (Fsp3) is 0. The Hall–Kier alpha value is -2.08. The van der Waals surface area contributed by atoms with Crippen LogP contribution in [0.25, 0.3) is 0 Å². The molecule has 0 amide bonds. The molecule has 0 atom stereocenters. The molecule has 19 heavy (non-hydrogen) atoms. The number of anilines is 1. The van der Waals surface area contributed by atoms with Crippen LogP contribution in [-0.4, -0.2) is 11.1 Å². The van der Waals surface area contributed by atoms with Crippen molar-refractivity contribution in [3.05, 3.63) is 52.3 Å². The highest BCUT2D eigenvalue weighted by Crippen LogP contribution is 2.33. The average Bonchev–Trinajstić information content (AvgIpc) is 2.34. The summed E-state index contributed by atoms with van der Waals surface area (Å²) in [6, 6.07) is 8.10. The van der Waals surface area contributed by atoms with E-state index in [9.17, 15) is 9.18 Å². The molecule has 0 saturated heterocycles. The molecule has 0 unspecified atom stereocenters. The predicted octanol–water partition coefficient (Wildman–Crippen LogP) is 3.66. The second kappa shape index (κ2) is 5.27. The monoisotopic (exact) mass is 325 g/mol. The molecule has 2 aromatic carbocycles. The molecule has 4 nitrogen and oxygen atoms in total. The SMILES string of the molecule is Nc1cc(C(=O)O)ccc1Oc1ccc(F)cc1Br. The number of carbonyl (C=O) groups is 1. The number of nitrogen functional groups attached to an aromatic ring is 1. The maximum atomic E-state index is 12.9. The first-order valence-electron chi connectivity index (χ1n) is 5.23. The van der Waals surface area contributed by atoms with Crippen molar-refractivity contribution in [2.24, 2.45) is 0 Å². The highest BCUT2D eigenvalue weighted by atomic mass is 79.9. The van der Waals surface area contributed by atoms with Gasteiger partial charge >= 0.3 is 5.97 Å². The first-order chi connectivity index (χ1) is 8.97. The largest absolute Gasteiger partial charge is 0.478 e. The zero-order valence-electron chi connectivity index (χ0n) is 9.56. The number of ether oxygens (including phenoxy) is 1. The fourth-order valence-corrected chi connectivity index (χ4v) is 1.88. The first kappa shape index (κ1) is 13.4. The molecular formula is C13H9BrFNO3. The van der Waals surface area contributed by atoms with Gasteiger partial charge in [0.15, 0.2) is 0 Å². The van der Waals surface area contributed by atoms with Gasteiger partial charge in [-0.15, -0.1) is 0 Å². The zero-order valence-corrected chi connectivity index (χ0v) is 11.1. The van der Waals surface area contributed by atoms with E-state index < -0.39 is 11.8 Å². The molecule has 0 spiro atoms. The number of carboxylic acids is 1. The van der Waals surface area contributed by atoms with Crippen molar-refractivity contribution in [1.29, 1.82) is 0 Å². The van der Waals surface area contributed by atoms with E-state index in [1.54, 1.807) is 0 Å². The van der Waals surface area contributed by atoms with E-state index in [1.165, 1.54) is 36.4 Å². The van der Waals surface area contributed by atoms with E-state index in [4.69, 9.17) is 15.6 Å². The topological polar surface area (TPSA) is 72.6 Å². The Morgan fingerprint density at radius 3 is 2.47 bits per heavy atom. The van der Waals surface area contributed by atoms with Gasteiger partial charge in [-0.2, -0.15) is 0 Å². The lowest BCUT2D eigenvalue weighted by Gasteiger charge is -2.10. The number of benzene rings is 2. The number of halogens is 2. The van der Waals surface area contributed by atoms with E-state index >= 15 is 0 Å². The molecular weight excluding hydrogens is 317 g/mol. The number of nitrogens with two attached hydrogens (primary N) is 1. The van der Waals surface area contributed by atoms with Crippen LogP contribution in [0.5, 0.6) is 11.5 Å². The Morgan fingerprint density at radius 1 is 1.21 bits per heavy atom. The van der Waals surface area contributed by atoms with Crippen LogP contribution in [-0.2, 0) is 0 Å². The summed E-state index contributed by atoms with van der Waals surface area (Å²) in [6.07, 6.45) is 0. The number of rotatable bonds is 3. The Morgan fingerprint density at radius 2 is 1.89 bits per heavy atom. The van der Waals surface area contributed by atoms with Gasteiger partial charge in [0.1, 0.15) is 17.3 Å². The lowest BCUT2D eigenvalue weighted by molar-refractivity contribution is 0.0697. The van der Waals surface area contributed by atoms with Gasteiger partial charge in [-0.1, -0.05) is 0 Å². The van der Waals surface area contributed by atoms with Gasteiger partial charge in [0.2, 0.25) is 0 Å². The Bertz CT molecular complexity index is 646. The normalized spacial score (nSPS) is 10.2. The molecule has 0 aromatic heterocycles. The molecule has 2 rings (SSSR count). The van der Waals surface area contributed by atoms with Crippen LogP contribution in [0.4, 0.5) is 10.1 Å². The Kier molecular flexibility index (Phi) is 3.71. The minimum Gasteiger partial charge on any atom is -0.478 e. The second-order valence-corrected chi connectivity index (χ2v) is 4.59.